The Kier molecular flexibility index (Phi) is 10.3. The van der Waals surface area contributed by atoms with Gasteiger partial charge in [0.05, 0.1) is 11.0 Å². The molecule has 2 aliphatic heterocycles. The van der Waals surface area contributed by atoms with Crippen molar-refractivity contribution >= 4 is 64.2 Å². The molecule has 42 heavy (non-hydrogen) atoms. The standard InChI is InChI=1S/C31H34Cl2N4.H3O4P/c32-24-7-8-26-28(21-24)34-16-11-30(26)37-19-14-23(15-20-37)4-1-3-22-12-17-36(18-13-22)29-6-2-5-27-25(29)9-10-31(33)35-27;1-5(2,3)4/h2,5-11,16,21-23H,1,3-4,12-15,17-20H2;(H3,1,2,3,4). The topological polar surface area (TPSA) is 110 Å². The zero-order valence-corrected chi connectivity index (χ0v) is 25.9. The molecular weight excluding hydrogens is 594 g/mol. The summed E-state index contributed by atoms with van der Waals surface area (Å²) in [5.41, 5.74) is 4.58. The number of fused-ring (bicyclic) bond motifs is 2. The molecule has 2 aliphatic rings. The second kappa shape index (κ2) is 13.9. The largest absolute Gasteiger partial charge is 0.466 e. The summed E-state index contributed by atoms with van der Waals surface area (Å²) < 4.78 is 8.88. The van der Waals surface area contributed by atoms with Crippen molar-refractivity contribution in [3.63, 3.8) is 0 Å². The quantitative estimate of drug-likeness (QED) is 0.149. The van der Waals surface area contributed by atoms with Gasteiger partial charge in [-0.2, -0.15) is 0 Å². The second-order valence-electron chi connectivity index (χ2n) is 11.3. The van der Waals surface area contributed by atoms with E-state index in [4.69, 9.17) is 42.4 Å². The Bertz CT molecular complexity index is 1440. The lowest BCUT2D eigenvalue weighted by atomic mass is 9.86. The van der Waals surface area contributed by atoms with Crippen LogP contribution in [-0.2, 0) is 4.57 Å². The average molecular weight is 632 g/mol. The van der Waals surface area contributed by atoms with Crippen LogP contribution in [0.1, 0.15) is 44.9 Å². The number of hydrogen-bond donors (Lipinski definition) is 3. The minimum atomic E-state index is -4.64. The molecule has 0 aliphatic carbocycles. The lowest BCUT2D eigenvalue weighted by Gasteiger charge is -2.35. The lowest BCUT2D eigenvalue weighted by molar-refractivity contribution is 0.275. The molecule has 2 aromatic carbocycles. The van der Waals surface area contributed by atoms with E-state index in [9.17, 15) is 0 Å². The molecule has 0 saturated carbocycles. The Balaban J connectivity index is 0.000000652. The van der Waals surface area contributed by atoms with E-state index in [0.717, 1.165) is 54.1 Å². The number of benzene rings is 2. The summed E-state index contributed by atoms with van der Waals surface area (Å²) in [6.45, 7) is 4.54. The molecule has 0 radical (unpaired) electrons. The van der Waals surface area contributed by atoms with Crippen molar-refractivity contribution in [1.29, 1.82) is 0 Å². The first kappa shape index (κ1) is 31.0. The second-order valence-corrected chi connectivity index (χ2v) is 13.1. The maximum atomic E-state index is 8.88. The van der Waals surface area contributed by atoms with Crippen molar-refractivity contribution in [2.24, 2.45) is 11.8 Å². The van der Waals surface area contributed by atoms with E-state index in [2.05, 4.69) is 56.2 Å². The third-order valence-corrected chi connectivity index (χ3v) is 8.94. The van der Waals surface area contributed by atoms with E-state index in [-0.39, 0.29) is 0 Å². The highest BCUT2D eigenvalue weighted by Crippen LogP contribution is 2.34. The predicted molar refractivity (Wildman–Crippen MR) is 171 cm³/mol. The van der Waals surface area contributed by atoms with Gasteiger partial charge in [0.1, 0.15) is 5.15 Å². The fourth-order valence-corrected chi connectivity index (χ4v) is 6.71. The van der Waals surface area contributed by atoms with Gasteiger partial charge in [0.25, 0.3) is 0 Å². The number of anilines is 2. The zero-order valence-electron chi connectivity index (χ0n) is 23.4. The Hall–Kier alpha value is -2.45. The molecule has 0 unspecified atom stereocenters. The minimum absolute atomic E-state index is 0.560. The molecule has 2 aromatic heterocycles. The van der Waals surface area contributed by atoms with Crippen molar-refractivity contribution in [1.82, 2.24) is 9.97 Å². The highest BCUT2D eigenvalue weighted by atomic mass is 35.5. The lowest BCUT2D eigenvalue weighted by Crippen LogP contribution is -2.34. The molecule has 0 spiro atoms. The molecule has 8 nitrogen and oxygen atoms in total. The maximum Gasteiger partial charge on any atom is 0.466 e. The number of nitrogens with zero attached hydrogens (tertiary/aromatic N) is 4. The van der Waals surface area contributed by atoms with Crippen LogP contribution in [-0.4, -0.2) is 50.8 Å². The molecule has 4 aromatic rings. The Morgan fingerprint density at radius 1 is 0.762 bits per heavy atom. The fraction of sp³-hybridized carbons (Fsp3) is 0.419. The predicted octanol–water partition coefficient (Wildman–Crippen LogP) is 7.46. The van der Waals surface area contributed by atoms with Gasteiger partial charge in [-0.1, -0.05) is 48.5 Å². The normalized spacial score (nSPS) is 17.0. The zero-order chi connectivity index (χ0) is 29.7. The first-order chi connectivity index (χ1) is 20.1. The number of halogens is 2. The number of hydrogen-bond acceptors (Lipinski definition) is 5. The van der Waals surface area contributed by atoms with Gasteiger partial charge < -0.3 is 24.5 Å². The Labute approximate surface area is 256 Å². The smallest absolute Gasteiger partial charge is 0.371 e. The maximum absolute atomic E-state index is 8.88. The number of piperidine rings is 2. The van der Waals surface area contributed by atoms with Gasteiger partial charge >= 0.3 is 7.82 Å². The summed E-state index contributed by atoms with van der Waals surface area (Å²) in [4.78, 5) is 35.7. The van der Waals surface area contributed by atoms with Crippen molar-refractivity contribution in [3.8, 4) is 0 Å². The van der Waals surface area contributed by atoms with Crippen molar-refractivity contribution in [2.45, 2.75) is 44.9 Å². The summed E-state index contributed by atoms with van der Waals surface area (Å²) in [5, 5.41) is 3.73. The first-order valence-electron chi connectivity index (χ1n) is 14.5. The summed E-state index contributed by atoms with van der Waals surface area (Å²) in [6, 6.07) is 18.6. The first-order valence-corrected chi connectivity index (χ1v) is 16.8. The van der Waals surface area contributed by atoms with Gasteiger partial charge in [-0.05, 0) is 86.1 Å². The van der Waals surface area contributed by atoms with Gasteiger partial charge in [-0.15, -0.1) is 0 Å². The molecule has 224 valence electrons. The van der Waals surface area contributed by atoms with Crippen LogP contribution >= 0.6 is 31.0 Å². The van der Waals surface area contributed by atoms with E-state index >= 15 is 0 Å². The molecule has 2 fully saturated rings. The molecule has 0 atom stereocenters. The molecular formula is C31H37Cl2N4O4P. The Morgan fingerprint density at radius 2 is 1.31 bits per heavy atom. The molecule has 11 heteroatoms. The van der Waals surface area contributed by atoms with Crippen LogP contribution in [0.3, 0.4) is 0 Å². The summed E-state index contributed by atoms with van der Waals surface area (Å²) in [7, 11) is -4.64. The molecule has 6 rings (SSSR count). The third-order valence-electron chi connectivity index (χ3n) is 8.49. The van der Waals surface area contributed by atoms with Crippen LogP contribution in [0, 0.1) is 11.8 Å². The van der Waals surface area contributed by atoms with Gasteiger partial charge in [0.15, 0.2) is 0 Å². The van der Waals surface area contributed by atoms with Crippen LogP contribution in [0.2, 0.25) is 10.2 Å². The average Bonchev–Trinajstić information content (AvgIpc) is 2.96. The highest BCUT2D eigenvalue weighted by Gasteiger charge is 2.23. The molecule has 0 amide bonds. The summed E-state index contributed by atoms with van der Waals surface area (Å²) in [6.07, 6.45) is 11.2. The summed E-state index contributed by atoms with van der Waals surface area (Å²) in [5.74, 6) is 1.71. The Morgan fingerprint density at radius 3 is 1.93 bits per heavy atom. The van der Waals surface area contributed by atoms with E-state index in [1.54, 1.807) is 0 Å². The van der Waals surface area contributed by atoms with Crippen molar-refractivity contribution in [2.75, 3.05) is 36.0 Å². The van der Waals surface area contributed by atoms with E-state index in [0.29, 0.717) is 5.15 Å². The number of pyridine rings is 2. The molecule has 4 heterocycles. The molecule has 3 N–H and O–H groups in total. The van der Waals surface area contributed by atoms with Crippen molar-refractivity contribution in [3.05, 3.63) is 71.0 Å². The van der Waals surface area contributed by atoms with E-state index in [1.807, 2.05) is 24.4 Å². The van der Waals surface area contributed by atoms with Gasteiger partial charge in [0, 0.05) is 59.5 Å². The van der Waals surface area contributed by atoms with Crippen LogP contribution in [0.15, 0.2) is 60.8 Å². The van der Waals surface area contributed by atoms with Gasteiger partial charge in [-0.25, -0.2) is 9.55 Å². The molecule has 2 saturated heterocycles. The SMILES string of the molecule is Clc1ccc2c(N3CCC(CCCC4CCN(c5cccc6nc(Cl)ccc56)CC4)CC3)ccnc2c1.O=P(O)(O)O. The van der Waals surface area contributed by atoms with Gasteiger partial charge in [0.2, 0.25) is 0 Å². The van der Waals surface area contributed by atoms with E-state index < -0.39 is 7.82 Å². The third kappa shape index (κ3) is 8.34. The minimum Gasteiger partial charge on any atom is -0.371 e. The fourth-order valence-electron chi connectivity index (χ4n) is 6.39. The van der Waals surface area contributed by atoms with E-state index in [1.165, 1.54) is 67.1 Å². The van der Waals surface area contributed by atoms with Crippen LogP contribution in [0.4, 0.5) is 11.4 Å². The highest BCUT2D eigenvalue weighted by molar-refractivity contribution is 7.45. The monoisotopic (exact) mass is 630 g/mol. The van der Waals surface area contributed by atoms with Crippen LogP contribution in [0.25, 0.3) is 21.8 Å². The van der Waals surface area contributed by atoms with Crippen LogP contribution in [0.5, 0.6) is 0 Å². The number of aromatic nitrogens is 2. The van der Waals surface area contributed by atoms with Crippen LogP contribution < -0.4 is 9.80 Å². The number of rotatable bonds is 6. The van der Waals surface area contributed by atoms with Gasteiger partial charge in [-0.3, -0.25) is 4.98 Å². The number of phosphoric acid groups is 1. The van der Waals surface area contributed by atoms with Crippen molar-refractivity contribution < 1.29 is 19.2 Å². The molecule has 0 bridgehead atoms. The summed E-state index contributed by atoms with van der Waals surface area (Å²) >= 11 is 12.3.